The highest BCUT2D eigenvalue weighted by atomic mass is 35.5. The molecule has 0 fully saturated rings. The van der Waals surface area contributed by atoms with Crippen molar-refractivity contribution in [2.24, 2.45) is 0 Å². The van der Waals surface area contributed by atoms with Gasteiger partial charge in [0.15, 0.2) is 12.4 Å². The van der Waals surface area contributed by atoms with Crippen LogP contribution in [0.25, 0.3) is 11.0 Å². The predicted molar refractivity (Wildman–Crippen MR) is 85.6 cm³/mol. The third-order valence-corrected chi connectivity index (χ3v) is 3.46. The first-order valence-electron chi connectivity index (χ1n) is 6.78. The second-order valence-electron chi connectivity index (χ2n) is 4.82. The monoisotopic (exact) mass is 312 g/mol. The Morgan fingerprint density at radius 3 is 2.36 bits per heavy atom. The van der Waals surface area contributed by atoms with Gasteiger partial charge in [0.2, 0.25) is 5.88 Å². The van der Waals surface area contributed by atoms with E-state index in [-0.39, 0.29) is 12.4 Å². The number of aromatic nitrogens is 2. The third-order valence-electron chi connectivity index (χ3n) is 3.21. The van der Waals surface area contributed by atoms with Gasteiger partial charge in [0.25, 0.3) is 0 Å². The standard InChI is InChI=1S/C17H13ClN2O2/c1-11-17(20-15-5-3-2-4-14(15)19-11)22-10-16(21)12-6-8-13(18)9-7-12/h2-9H,10H2,1H3. The van der Waals surface area contributed by atoms with Gasteiger partial charge in [-0.2, -0.15) is 0 Å². The lowest BCUT2D eigenvalue weighted by Crippen LogP contribution is -2.13. The third kappa shape index (κ3) is 3.07. The van der Waals surface area contributed by atoms with Gasteiger partial charge < -0.3 is 4.74 Å². The van der Waals surface area contributed by atoms with Crippen molar-refractivity contribution in [1.82, 2.24) is 9.97 Å². The van der Waals surface area contributed by atoms with Crippen molar-refractivity contribution >= 4 is 28.4 Å². The van der Waals surface area contributed by atoms with Crippen LogP contribution in [-0.2, 0) is 0 Å². The quantitative estimate of drug-likeness (QED) is 0.687. The highest BCUT2D eigenvalue weighted by molar-refractivity contribution is 6.30. The lowest BCUT2D eigenvalue weighted by molar-refractivity contribution is 0.0917. The molecule has 4 nitrogen and oxygen atoms in total. The molecule has 3 aromatic rings. The molecule has 0 amide bonds. The topological polar surface area (TPSA) is 52.1 Å². The van der Waals surface area contributed by atoms with E-state index in [4.69, 9.17) is 16.3 Å². The number of halogens is 1. The molecule has 0 N–H and O–H groups in total. The fourth-order valence-electron chi connectivity index (χ4n) is 2.06. The zero-order valence-electron chi connectivity index (χ0n) is 11.9. The molecule has 0 aliphatic rings. The predicted octanol–water partition coefficient (Wildman–Crippen LogP) is 3.85. The Morgan fingerprint density at radius 2 is 1.68 bits per heavy atom. The van der Waals surface area contributed by atoms with Crippen molar-refractivity contribution in [2.45, 2.75) is 6.92 Å². The molecule has 3 rings (SSSR count). The number of nitrogens with zero attached hydrogens (tertiary/aromatic N) is 2. The zero-order chi connectivity index (χ0) is 15.5. The Morgan fingerprint density at radius 1 is 1.05 bits per heavy atom. The maximum absolute atomic E-state index is 12.1. The molecule has 0 saturated carbocycles. The number of ketones is 1. The van der Waals surface area contributed by atoms with Crippen LogP contribution in [0.4, 0.5) is 0 Å². The number of hydrogen-bond donors (Lipinski definition) is 0. The van der Waals surface area contributed by atoms with Gasteiger partial charge >= 0.3 is 0 Å². The number of ether oxygens (including phenoxy) is 1. The molecular weight excluding hydrogens is 300 g/mol. The number of carbonyl (C=O) groups excluding carboxylic acids is 1. The summed E-state index contributed by atoms with van der Waals surface area (Å²) >= 11 is 5.80. The smallest absolute Gasteiger partial charge is 0.236 e. The number of aryl methyl sites for hydroxylation is 1. The van der Waals surface area contributed by atoms with Crippen LogP contribution in [0.15, 0.2) is 48.5 Å². The van der Waals surface area contributed by atoms with Gasteiger partial charge in [-0.1, -0.05) is 23.7 Å². The van der Waals surface area contributed by atoms with Gasteiger partial charge in [0.05, 0.1) is 11.0 Å². The lowest BCUT2D eigenvalue weighted by Gasteiger charge is -2.08. The van der Waals surface area contributed by atoms with Gasteiger partial charge in [-0.25, -0.2) is 9.97 Å². The van der Waals surface area contributed by atoms with Crippen LogP contribution in [0, 0.1) is 6.92 Å². The molecule has 2 aromatic carbocycles. The Bertz CT molecular complexity index is 832. The van der Waals surface area contributed by atoms with Gasteiger partial charge in [-0.3, -0.25) is 4.79 Å². The highest BCUT2D eigenvalue weighted by Gasteiger charge is 2.10. The lowest BCUT2D eigenvalue weighted by atomic mass is 10.1. The van der Waals surface area contributed by atoms with E-state index >= 15 is 0 Å². The summed E-state index contributed by atoms with van der Waals surface area (Å²) in [4.78, 5) is 20.9. The summed E-state index contributed by atoms with van der Waals surface area (Å²) in [6.45, 7) is 1.72. The fourth-order valence-corrected chi connectivity index (χ4v) is 2.19. The molecule has 0 unspecified atom stereocenters. The van der Waals surface area contributed by atoms with Crippen molar-refractivity contribution in [3.8, 4) is 5.88 Å². The first kappa shape index (κ1) is 14.5. The molecule has 110 valence electrons. The molecule has 0 spiro atoms. The van der Waals surface area contributed by atoms with Gasteiger partial charge in [-0.15, -0.1) is 0 Å². The Kier molecular flexibility index (Phi) is 4.02. The van der Waals surface area contributed by atoms with Crippen LogP contribution in [-0.4, -0.2) is 22.4 Å². The summed E-state index contributed by atoms with van der Waals surface area (Å²) in [6, 6.07) is 14.2. The van der Waals surface area contributed by atoms with E-state index < -0.39 is 0 Å². The average Bonchev–Trinajstić information content (AvgIpc) is 2.53. The highest BCUT2D eigenvalue weighted by Crippen LogP contribution is 2.18. The molecule has 1 heterocycles. The molecular formula is C17H13ClN2O2. The van der Waals surface area contributed by atoms with Gasteiger partial charge in [0.1, 0.15) is 5.69 Å². The second kappa shape index (κ2) is 6.12. The average molecular weight is 313 g/mol. The molecule has 5 heteroatoms. The molecule has 22 heavy (non-hydrogen) atoms. The molecule has 0 atom stereocenters. The molecule has 0 aliphatic carbocycles. The summed E-state index contributed by atoms with van der Waals surface area (Å²) in [5, 5.41) is 0.591. The van der Waals surface area contributed by atoms with Gasteiger partial charge in [-0.05, 0) is 43.3 Å². The van der Waals surface area contributed by atoms with Crippen molar-refractivity contribution < 1.29 is 9.53 Å². The van der Waals surface area contributed by atoms with Gasteiger partial charge in [0, 0.05) is 10.6 Å². The van der Waals surface area contributed by atoms with Crippen molar-refractivity contribution in [3.05, 3.63) is 64.8 Å². The number of carbonyl (C=O) groups is 1. The van der Waals surface area contributed by atoms with Crippen LogP contribution in [0.5, 0.6) is 5.88 Å². The first-order valence-corrected chi connectivity index (χ1v) is 7.16. The minimum absolute atomic E-state index is 0.0878. The number of para-hydroxylation sites is 2. The molecule has 0 aliphatic heterocycles. The number of fused-ring (bicyclic) bond motifs is 1. The van der Waals surface area contributed by atoms with Crippen molar-refractivity contribution in [3.63, 3.8) is 0 Å². The molecule has 0 bridgehead atoms. The SMILES string of the molecule is Cc1nc2ccccc2nc1OCC(=O)c1ccc(Cl)cc1. The van der Waals surface area contributed by atoms with E-state index in [1.165, 1.54) is 0 Å². The summed E-state index contributed by atoms with van der Waals surface area (Å²) in [7, 11) is 0. The summed E-state index contributed by atoms with van der Waals surface area (Å²) in [5.41, 5.74) is 2.75. The van der Waals surface area contributed by atoms with Crippen LogP contribution < -0.4 is 4.74 Å². The summed E-state index contributed by atoms with van der Waals surface area (Å²) < 4.78 is 5.54. The number of hydrogen-bond acceptors (Lipinski definition) is 4. The van der Waals surface area contributed by atoms with Crippen LogP contribution >= 0.6 is 11.6 Å². The number of rotatable bonds is 4. The normalized spacial score (nSPS) is 10.6. The minimum Gasteiger partial charge on any atom is -0.468 e. The van der Waals surface area contributed by atoms with Crippen molar-refractivity contribution in [1.29, 1.82) is 0 Å². The minimum atomic E-state index is -0.133. The van der Waals surface area contributed by atoms with Crippen molar-refractivity contribution in [2.75, 3.05) is 6.61 Å². The van der Waals surface area contributed by atoms with E-state index in [1.807, 2.05) is 31.2 Å². The molecule has 0 saturated heterocycles. The van der Waals surface area contributed by atoms with E-state index in [0.29, 0.717) is 22.2 Å². The summed E-state index contributed by atoms with van der Waals surface area (Å²) in [6.07, 6.45) is 0. The van der Waals surface area contributed by atoms with E-state index in [9.17, 15) is 4.79 Å². The van der Waals surface area contributed by atoms with E-state index in [2.05, 4.69) is 9.97 Å². The number of benzene rings is 2. The van der Waals surface area contributed by atoms with Crippen LogP contribution in [0.3, 0.4) is 0 Å². The largest absolute Gasteiger partial charge is 0.468 e. The second-order valence-corrected chi connectivity index (χ2v) is 5.26. The molecule has 1 aromatic heterocycles. The fraction of sp³-hybridized carbons (Fsp3) is 0.118. The Balaban J connectivity index is 1.77. The zero-order valence-corrected chi connectivity index (χ0v) is 12.7. The number of Topliss-reactive ketones (excluding diaryl/α,β-unsaturated/α-hetero) is 1. The van der Waals surface area contributed by atoms with Crippen LogP contribution in [0.2, 0.25) is 5.02 Å². The van der Waals surface area contributed by atoms with E-state index in [0.717, 1.165) is 11.0 Å². The maximum atomic E-state index is 12.1. The summed E-state index contributed by atoms with van der Waals surface area (Å²) in [5.74, 6) is 0.243. The Labute approximate surface area is 132 Å². The van der Waals surface area contributed by atoms with Crippen LogP contribution in [0.1, 0.15) is 16.1 Å². The first-order chi connectivity index (χ1) is 10.6. The molecule has 0 radical (unpaired) electrons. The van der Waals surface area contributed by atoms with E-state index in [1.54, 1.807) is 24.3 Å². The Hall–Kier alpha value is -2.46. The maximum Gasteiger partial charge on any atom is 0.236 e.